The van der Waals surface area contributed by atoms with Crippen molar-refractivity contribution in [1.29, 1.82) is 0 Å². The van der Waals surface area contributed by atoms with Crippen molar-refractivity contribution < 1.29 is 14.0 Å². The summed E-state index contributed by atoms with van der Waals surface area (Å²) >= 11 is 3.45. The van der Waals surface area contributed by atoms with E-state index in [1.54, 1.807) is 0 Å². The van der Waals surface area contributed by atoms with Crippen LogP contribution in [0.2, 0.25) is 0 Å². The summed E-state index contributed by atoms with van der Waals surface area (Å²) in [6.07, 6.45) is 0.554. The van der Waals surface area contributed by atoms with Gasteiger partial charge in [-0.15, -0.1) is 0 Å². The van der Waals surface area contributed by atoms with Crippen LogP contribution >= 0.6 is 15.9 Å². The second-order valence-electron chi connectivity index (χ2n) is 6.80. The molecule has 3 aromatic carbocycles. The molecular formula is C24H16BrFN2O2. The van der Waals surface area contributed by atoms with Gasteiger partial charge < -0.3 is 5.32 Å². The summed E-state index contributed by atoms with van der Waals surface area (Å²) in [5.41, 5.74) is 3.54. The van der Waals surface area contributed by atoms with Gasteiger partial charge in [0.25, 0.3) is 5.91 Å². The molecule has 4 rings (SSSR count). The molecule has 0 bridgehead atoms. The van der Waals surface area contributed by atoms with Crippen LogP contribution in [0.5, 0.6) is 0 Å². The molecule has 0 aliphatic heterocycles. The number of halogens is 2. The lowest BCUT2D eigenvalue weighted by Crippen LogP contribution is -2.16. The molecule has 0 aliphatic rings. The number of aldehydes is 1. The van der Waals surface area contributed by atoms with Crippen LogP contribution in [-0.4, -0.2) is 17.2 Å². The number of pyridine rings is 1. The SMILES string of the molecule is Cc1c(-c2ccccc2)nc2ccc(Br)cc2c1C(=O)Nc1ccc(C=O)cc1F. The van der Waals surface area contributed by atoms with Crippen LogP contribution in [0.15, 0.2) is 71.2 Å². The van der Waals surface area contributed by atoms with Crippen molar-refractivity contribution in [3.05, 3.63) is 93.7 Å². The molecule has 0 saturated carbocycles. The fraction of sp³-hybridized carbons (Fsp3) is 0.0417. The Kier molecular flexibility index (Phi) is 5.42. The number of carbonyl (C=O) groups excluding carboxylic acids is 2. The predicted octanol–water partition coefficient (Wildman–Crippen LogP) is 6.18. The van der Waals surface area contributed by atoms with Gasteiger partial charge in [-0.3, -0.25) is 9.59 Å². The molecule has 0 fully saturated rings. The van der Waals surface area contributed by atoms with Gasteiger partial charge in [0.05, 0.1) is 22.5 Å². The summed E-state index contributed by atoms with van der Waals surface area (Å²) in [5.74, 6) is -1.12. The molecule has 1 heterocycles. The summed E-state index contributed by atoms with van der Waals surface area (Å²) in [6.45, 7) is 1.83. The van der Waals surface area contributed by atoms with Crippen molar-refractivity contribution in [3.63, 3.8) is 0 Å². The average Bonchev–Trinajstić information content (AvgIpc) is 2.75. The number of hydrogen-bond donors (Lipinski definition) is 1. The highest BCUT2D eigenvalue weighted by Crippen LogP contribution is 2.32. The maximum atomic E-state index is 14.3. The highest BCUT2D eigenvalue weighted by atomic mass is 79.9. The summed E-state index contributed by atoms with van der Waals surface area (Å²) in [6, 6.07) is 19.0. The maximum Gasteiger partial charge on any atom is 0.256 e. The van der Waals surface area contributed by atoms with Crippen molar-refractivity contribution in [2.24, 2.45) is 0 Å². The fourth-order valence-corrected chi connectivity index (χ4v) is 3.75. The minimum atomic E-state index is -0.673. The average molecular weight is 463 g/mol. The maximum absolute atomic E-state index is 14.3. The molecule has 148 valence electrons. The quantitative estimate of drug-likeness (QED) is 0.368. The molecule has 0 atom stereocenters. The third-order valence-electron chi connectivity index (χ3n) is 4.84. The standard InChI is InChI=1S/C24H16BrFN2O2/c1-14-22(24(30)28-21-9-7-15(13-29)11-19(21)26)18-12-17(25)8-10-20(18)27-23(14)16-5-3-2-4-6-16/h2-13H,1H3,(H,28,30). The van der Waals surface area contributed by atoms with Crippen molar-refractivity contribution in [3.8, 4) is 11.3 Å². The molecule has 6 heteroatoms. The van der Waals surface area contributed by atoms with E-state index in [0.717, 1.165) is 16.1 Å². The van der Waals surface area contributed by atoms with Crippen LogP contribution in [0.4, 0.5) is 10.1 Å². The van der Waals surface area contributed by atoms with Crippen LogP contribution in [0, 0.1) is 12.7 Å². The van der Waals surface area contributed by atoms with Crippen molar-refractivity contribution >= 4 is 44.7 Å². The van der Waals surface area contributed by atoms with Gasteiger partial charge in [-0.1, -0.05) is 46.3 Å². The molecule has 0 aliphatic carbocycles. The molecule has 0 radical (unpaired) electrons. The molecule has 1 amide bonds. The molecule has 30 heavy (non-hydrogen) atoms. The summed E-state index contributed by atoms with van der Waals surface area (Å²) in [5, 5.41) is 3.29. The minimum absolute atomic E-state index is 0.00576. The molecule has 4 nitrogen and oxygen atoms in total. The molecule has 0 unspecified atom stereocenters. The number of amides is 1. The largest absolute Gasteiger partial charge is 0.319 e. The summed E-state index contributed by atoms with van der Waals surface area (Å²) in [7, 11) is 0. The van der Waals surface area contributed by atoms with E-state index in [4.69, 9.17) is 4.98 Å². The van der Waals surface area contributed by atoms with Gasteiger partial charge in [0.1, 0.15) is 12.1 Å². The first kappa shape index (κ1) is 19.9. The molecule has 1 N–H and O–H groups in total. The second kappa shape index (κ2) is 8.16. The van der Waals surface area contributed by atoms with E-state index in [2.05, 4.69) is 21.2 Å². The topological polar surface area (TPSA) is 59.1 Å². The lowest BCUT2D eigenvalue weighted by atomic mass is 9.97. The monoisotopic (exact) mass is 462 g/mol. The highest BCUT2D eigenvalue weighted by Gasteiger charge is 2.20. The first-order chi connectivity index (χ1) is 14.5. The van der Waals surface area contributed by atoms with Gasteiger partial charge in [-0.2, -0.15) is 0 Å². The second-order valence-corrected chi connectivity index (χ2v) is 7.71. The van der Waals surface area contributed by atoms with Crippen molar-refractivity contribution in [1.82, 2.24) is 4.98 Å². The van der Waals surface area contributed by atoms with Gasteiger partial charge in [-0.05, 0) is 48.9 Å². The van der Waals surface area contributed by atoms with Gasteiger partial charge in [-0.25, -0.2) is 9.37 Å². The number of fused-ring (bicyclic) bond motifs is 1. The van der Waals surface area contributed by atoms with E-state index in [9.17, 15) is 14.0 Å². The number of rotatable bonds is 4. The molecule has 0 spiro atoms. The molecule has 1 aromatic heterocycles. The number of nitrogens with one attached hydrogen (secondary N) is 1. The Labute approximate surface area is 180 Å². The van der Waals surface area contributed by atoms with E-state index in [0.29, 0.717) is 34.0 Å². The van der Waals surface area contributed by atoms with E-state index in [-0.39, 0.29) is 11.3 Å². The Bertz CT molecular complexity index is 1290. The van der Waals surface area contributed by atoms with Gasteiger partial charge in [0.15, 0.2) is 0 Å². The van der Waals surface area contributed by atoms with Crippen LogP contribution < -0.4 is 5.32 Å². The molecule has 4 aromatic rings. The van der Waals surface area contributed by atoms with Crippen LogP contribution in [0.3, 0.4) is 0 Å². The van der Waals surface area contributed by atoms with Gasteiger partial charge >= 0.3 is 0 Å². The summed E-state index contributed by atoms with van der Waals surface area (Å²) < 4.78 is 15.1. The predicted molar refractivity (Wildman–Crippen MR) is 119 cm³/mol. The van der Waals surface area contributed by atoms with Crippen LogP contribution in [0.25, 0.3) is 22.2 Å². The zero-order valence-electron chi connectivity index (χ0n) is 15.9. The molecule has 0 saturated heterocycles. The third kappa shape index (κ3) is 3.74. The number of nitrogens with zero attached hydrogens (tertiary/aromatic N) is 1. The zero-order valence-corrected chi connectivity index (χ0v) is 17.5. The van der Waals surface area contributed by atoms with Crippen molar-refractivity contribution in [2.45, 2.75) is 6.92 Å². The highest BCUT2D eigenvalue weighted by molar-refractivity contribution is 9.10. The number of aromatic nitrogens is 1. The zero-order chi connectivity index (χ0) is 21.3. The number of hydrogen-bond acceptors (Lipinski definition) is 3. The molecular weight excluding hydrogens is 447 g/mol. The minimum Gasteiger partial charge on any atom is -0.319 e. The fourth-order valence-electron chi connectivity index (χ4n) is 3.39. The van der Waals surface area contributed by atoms with Crippen LogP contribution in [0.1, 0.15) is 26.3 Å². The van der Waals surface area contributed by atoms with Gasteiger partial charge in [0, 0.05) is 21.0 Å². The first-order valence-electron chi connectivity index (χ1n) is 9.19. The van der Waals surface area contributed by atoms with E-state index >= 15 is 0 Å². The first-order valence-corrected chi connectivity index (χ1v) is 9.98. The smallest absolute Gasteiger partial charge is 0.256 e. The Morgan fingerprint density at radius 3 is 2.53 bits per heavy atom. The van der Waals surface area contributed by atoms with E-state index < -0.39 is 11.7 Å². The normalized spacial score (nSPS) is 10.8. The summed E-state index contributed by atoms with van der Waals surface area (Å²) in [4.78, 5) is 28.9. The van der Waals surface area contributed by atoms with Gasteiger partial charge in [0.2, 0.25) is 0 Å². The number of anilines is 1. The number of carbonyl (C=O) groups is 2. The van der Waals surface area contributed by atoms with Crippen LogP contribution in [-0.2, 0) is 0 Å². The van der Waals surface area contributed by atoms with E-state index in [1.165, 1.54) is 12.1 Å². The Morgan fingerprint density at radius 2 is 1.83 bits per heavy atom. The lowest BCUT2D eigenvalue weighted by molar-refractivity contribution is 0.102. The number of benzene rings is 3. The van der Waals surface area contributed by atoms with E-state index in [1.807, 2.05) is 55.5 Å². The third-order valence-corrected chi connectivity index (χ3v) is 5.34. The Balaban J connectivity index is 1.88. The lowest BCUT2D eigenvalue weighted by Gasteiger charge is -2.15. The Hall–Kier alpha value is -3.38. The van der Waals surface area contributed by atoms with Crippen molar-refractivity contribution in [2.75, 3.05) is 5.32 Å². The Morgan fingerprint density at radius 1 is 1.07 bits per heavy atom.